The molecule has 0 unspecified atom stereocenters. The topological polar surface area (TPSA) is 77.7 Å². The van der Waals surface area contributed by atoms with Crippen molar-refractivity contribution in [2.75, 3.05) is 0 Å². The molecule has 0 atom stereocenters. The van der Waals surface area contributed by atoms with Crippen LogP contribution < -0.4 is 9.74 Å². The maximum absolute atomic E-state index is 12.3. The Hall–Kier alpha value is -1.81. The van der Waals surface area contributed by atoms with Gasteiger partial charge >= 0.3 is 15.6 Å². The van der Waals surface area contributed by atoms with E-state index in [-0.39, 0.29) is 10.7 Å². The van der Waals surface area contributed by atoms with Gasteiger partial charge in [-0.15, -0.1) is 0 Å². The lowest BCUT2D eigenvalue weighted by Crippen LogP contribution is -2.30. The lowest BCUT2D eigenvalue weighted by atomic mass is 10.3. The average Bonchev–Trinajstić information content (AvgIpc) is 2.35. The van der Waals surface area contributed by atoms with Gasteiger partial charge in [-0.1, -0.05) is 11.6 Å². The Bertz CT molecular complexity index is 876. The van der Waals surface area contributed by atoms with Gasteiger partial charge in [0, 0.05) is 6.20 Å². The third-order valence-electron chi connectivity index (χ3n) is 2.46. The maximum atomic E-state index is 12.3. The fourth-order valence-electron chi connectivity index (χ4n) is 1.43. The van der Waals surface area contributed by atoms with E-state index >= 15 is 0 Å². The first-order valence-electron chi connectivity index (χ1n) is 5.23. The number of halogens is 4. The number of aromatic nitrogens is 2. The predicted octanol–water partition coefficient (Wildman–Crippen LogP) is 1.88. The summed E-state index contributed by atoms with van der Waals surface area (Å²) in [6.45, 7) is 1.09. The zero-order valence-electron chi connectivity index (χ0n) is 10.2. The van der Waals surface area contributed by atoms with Crippen molar-refractivity contribution in [2.24, 2.45) is 0 Å². The molecule has 0 saturated heterocycles. The van der Waals surface area contributed by atoms with Gasteiger partial charge in [-0.3, -0.25) is 9.20 Å². The van der Waals surface area contributed by atoms with Crippen molar-refractivity contribution in [1.82, 2.24) is 9.38 Å². The summed E-state index contributed by atoms with van der Waals surface area (Å²) in [7, 11) is -5.93. The Morgan fingerprint density at radius 3 is 2.57 bits per heavy atom. The van der Waals surface area contributed by atoms with E-state index in [1.165, 1.54) is 18.3 Å². The quantitative estimate of drug-likeness (QED) is 0.615. The normalized spacial score (nSPS) is 12.6. The number of rotatable bonds is 2. The number of pyridine rings is 1. The highest BCUT2D eigenvalue weighted by Gasteiger charge is 2.49. The van der Waals surface area contributed by atoms with Crippen LogP contribution in [-0.2, 0) is 10.1 Å². The van der Waals surface area contributed by atoms with Crippen LogP contribution in [0.25, 0.3) is 5.65 Å². The molecule has 0 fully saturated rings. The highest BCUT2D eigenvalue weighted by Crippen LogP contribution is 2.27. The molecule has 0 aliphatic rings. The summed E-state index contributed by atoms with van der Waals surface area (Å²) >= 11 is 5.77. The van der Waals surface area contributed by atoms with E-state index in [2.05, 4.69) is 9.17 Å². The number of fused-ring (bicyclic) bond motifs is 1. The van der Waals surface area contributed by atoms with Crippen LogP contribution in [0.5, 0.6) is 5.88 Å². The van der Waals surface area contributed by atoms with Gasteiger partial charge in [-0.05, 0) is 19.1 Å². The van der Waals surface area contributed by atoms with Crippen LogP contribution in [0.4, 0.5) is 13.2 Å². The summed E-state index contributed by atoms with van der Waals surface area (Å²) in [5.41, 5.74) is -7.05. The number of hydrogen-bond donors (Lipinski definition) is 0. The minimum Gasteiger partial charge on any atom is -0.355 e. The lowest BCUT2D eigenvalue weighted by Gasteiger charge is -2.11. The summed E-state index contributed by atoms with van der Waals surface area (Å²) in [6.07, 6.45) is 1.28. The van der Waals surface area contributed by atoms with Crippen molar-refractivity contribution >= 4 is 27.4 Å². The van der Waals surface area contributed by atoms with Crippen LogP contribution in [0.1, 0.15) is 5.56 Å². The summed E-state index contributed by atoms with van der Waals surface area (Å²) in [5.74, 6) is -0.967. The van der Waals surface area contributed by atoms with E-state index in [0.29, 0.717) is 0 Å². The van der Waals surface area contributed by atoms with Crippen LogP contribution in [0.3, 0.4) is 0 Å². The lowest BCUT2D eigenvalue weighted by molar-refractivity contribution is -0.0501. The Morgan fingerprint density at radius 2 is 2.00 bits per heavy atom. The fraction of sp³-hybridized carbons (Fsp3) is 0.200. The number of nitrogens with zero attached hydrogens (tertiary/aromatic N) is 2. The minimum atomic E-state index is -5.93. The van der Waals surface area contributed by atoms with E-state index in [4.69, 9.17) is 11.6 Å². The number of alkyl halides is 3. The molecule has 0 N–H and O–H groups in total. The second kappa shape index (κ2) is 4.88. The fourth-order valence-corrected chi connectivity index (χ4v) is 2.10. The summed E-state index contributed by atoms with van der Waals surface area (Å²) in [4.78, 5) is 15.5. The predicted molar refractivity (Wildman–Crippen MR) is 66.8 cm³/mol. The molecule has 21 heavy (non-hydrogen) atoms. The van der Waals surface area contributed by atoms with Crippen LogP contribution in [-0.4, -0.2) is 23.3 Å². The molecular formula is C10H6ClF3N2O4S. The first-order valence-corrected chi connectivity index (χ1v) is 7.01. The van der Waals surface area contributed by atoms with Crippen molar-refractivity contribution in [3.8, 4) is 5.88 Å². The highest BCUT2D eigenvalue weighted by atomic mass is 35.5. The average molecular weight is 343 g/mol. The Morgan fingerprint density at radius 1 is 1.38 bits per heavy atom. The molecule has 0 spiro atoms. The van der Waals surface area contributed by atoms with E-state index < -0.39 is 32.6 Å². The van der Waals surface area contributed by atoms with Crippen LogP contribution in [0.2, 0.25) is 5.02 Å². The van der Waals surface area contributed by atoms with Crippen molar-refractivity contribution in [3.63, 3.8) is 0 Å². The highest BCUT2D eigenvalue weighted by molar-refractivity contribution is 7.87. The van der Waals surface area contributed by atoms with Crippen LogP contribution in [0.15, 0.2) is 23.1 Å². The molecule has 2 aromatic rings. The van der Waals surface area contributed by atoms with E-state index in [0.717, 1.165) is 11.3 Å². The molecule has 2 rings (SSSR count). The zero-order chi connectivity index (χ0) is 16.0. The molecule has 0 radical (unpaired) electrons. The Balaban J connectivity index is 2.70. The molecule has 0 saturated carbocycles. The van der Waals surface area contributed by atoms with Gasteiger partial charge in [0.05, 0.1) is 10.6 Å². The Kier molecular flexibility index (Phi) is 3.62. The van der Waals surface area contributed by atoms with Crippen molar-refractivity contribution in [2.45, 2.75) is 12.4 Å². The van der Waals surface area contributed by atoms with E-state index in [1.54, 1.807) is 0 Å². The SMILES string of the molecule is Cc1c(OS(=O)(=O)C(F)(F)F)nc2c(Cl)cccn2c1=O. The summed E-state index contributed by atoms with van der Waals surface area (Å²) in [5, 5.41) is -0.0520. The third-order valence-corrected chi connectivity index (χ3v) is 3.70. The van der Waals surface area contributed by atoms with Gasteiger partial charge < -0.3 is 4.18 Å². The zero-order valence-corrected chi connectivity index (χ0v) is 11.8. The van der Waals surface area contributed by atoms with Gasteiger partial charge in [0.1, 0.15) is 0 Å². The van der Waals surface area contributed by atoms with Crippen molar-refractivity contribution < 1.29 is 25.8 Å². The molecule has 0 aliphatic heterocycles. The number of hydrogen-bond acceptors (Lipinski definition) is 5. The molecule has 114 valence electrons. The molecule has 0 amide bonds. The second-order valence-corrected chi connectivity index (χ2v) is 5.83. The molecule has 0 aromatic carbocycles. The molecule has 0 aliphatic carbocycles. The first-order chi connectivity index (χ1) is 9.54. The van der Waals surface area contributed by atoms with Gasteiger partial charge in [0.25, 0.3) is 5.56 Å². The van der Waals surface area contributed by atoms with Gasteiger partial charge in [0.2, 0.25) is 5.88 Å². The largest absolute Gasteiger partial charge is 0.534 e. The van der Waals surface area contributed by atoms with E-state index in [1.807, 2.05) is 0 Å². The molecule has 2 heterocycles. The molecule has 6 nitrogen and oxygen atoms in total. The van der Waals surface area contributed by atoms with Crippen molar-refractivity contribution in [3.05, 3.63) is 39.3 Å². The van der Waals surface area contributed by atoms with Crippen LogP contribution in [0, 0.1) is 6.92 Å². The van der Waals surface area contributed by atoms with Gasteiger partial charge in [-0.2, -0.15) is 26.6 Å². The molecule has 0 bridgehead atoms. The van der Waals surface area contributed by atoms with Gasteiger partial charge in [0.15, 0.2) is 5.65 Å². The summed E-state index contributed by atoms with van der Waals surface area (Å²) < 4.78 is 63.7. The standard InChI is InChI=1S/C10H6ClF3N2O4S/c1-5-8(20-21(18,19)10(12,13)14)15-7-6(11)3-2-4-16(7)9(5)17/h2-4H,1H3. The molecule has 2 aromatic heterocycles. The maximum Gasteiger partial charge on any atom is 0.534 e. The van der Waals surface area contributed by atoms with Crippen molar-refractivity contribution in [1.29, 1.82) is 0 Å². The third kappa shape index (κ3) is 2.68. The monoisotopic (exact) mass is 342 g/mol. The Labute approximate surface area is 120 Å². The van der Waals surface area contributed by atoms with Crippen LogP contribution >= 0.6 is 11.6 Å². The minimum absolute atomic E-state index is 0.0520. The molecular weight excluding hydrogens is 337 g/mol. The smallest absolute Gasteiger partial charge is 0.355 e. The van der Waals surface area contributed by atoms with E-state index in [9.17, 15) is 26.4 Å². The molecule has 11 heteroatoms. The van der Waals surface area contributed by atoms with Gasteiger partial charge in [-0.25, -0.2) is 0 Å². The first kappa shape index (κ1) is 15.6. The second-order valence-electron chi connectivity index (χ2n) is 3.88. The summed E-state index contributed by atoms with van der Waals surface area (Å²) in [6, 6.07) is 2.76.